The average molecular weight is 220 g/mol. The molecule has 72 valence electrons. The van der Waals surface area contributed by atoms with Gasteiger partial charge in [-0.1, -0.05) is 0 Å². The van der Waals surface area contributed by atoms with Gasteiger partial charge < -0.3 is 5.32 Å². The van der Waals surface area contributed by atoms with Crippen LogP contribution in [0.3, 0.4) is 0 Å². The fourth-order valence-electron chi connectivity index (χ4n) is 0.729. The largest absolute Gasteiger partial charge is 0.355 e. The highest BCUT2D eigenvalue weighted by Crippen LogP contribution is 2.18. The Bertz CT molecular complexity index is 421. The third kappa shape index (κ3) is 2.27. The Morgan fingerprint density at radius 1 is 1.62 bits per heavy atom. The lowest BCUT2D eigenvalue weighted by Crippen LogP contribution is -2.17. The number of carbonyl (C=O) groups excluding carboxylic acids is 1. The summed E-state index contributed by atoms with van der Waals surface area (Å²) in [5.74, 6) is -0.328. The molecule has 0 aromatic carbocycles. The number of nitrogens with two attached hydrogens (primary N) is 1. The minimum atomic E-state index is -3.69. The fourth-order valence-corrected chi connectivity index (χ4v) is 2.31. The van der Waals surface area contributed by atoms with Crippen LogP contribution in [0.25, 0.3) is 0 Å². The monoisotopic (exact) mass is 220 g/mol. The molecule has 7 heteroatoms. The Morgan fingerprint density at radius 3 is 2.62 bits per heavy atom. The molecule has 0 unspecified atom stereocenters. The predicted octanol–water partition coefficient (Wildman–Crippen LogP) is -0.245. The highest BCUT2D eigenvalue weighted by molar-refractivity contribution is 7.91. The lowest BCUT2D eigenvalue weighted by molar-refractivity contribution is 0.0963. The zero-order valence-corrected chi connectivity index (χ0v) is 8.41. The summed E-state index contributed by atoms with van der Waals surface area (Å²) < 4.78 is 21.6. The summed E-state index contributed by atoms with van der Waals surface area (Å²) in [6.45, 7) is 0. The Labute approximate surface area is 79.6 Å². The molecule has 13 heavy (non-hydrogen) atoms. The molecule has 1 rings (SSSR count). The quantitative estimate of drug-likeness (QED) is 0.720. The van der Waals surface area contributed by atoms with Crippen LogP contribution < -0.4 is 10.5 Å². The van der Waals surface area contributed by atoms with Gasteiger partial charge >= 0.3 is 0 Å². The second kappa shape index (κ2) is 3.44. The molecule has 0 saturated heterocycles. The number of hydrogen-bond donors (Lipinski definition) is 2. The topological polar surface area (TPSA) is 89.3 Å². The summed E-state index contributed by atoms with van der Waals surface area (Å²) in [6, 6.07) is 1.25. The number of hydrogen-bond acceptors (Lipinski definition) is 4. The van der Waals surface area contributed by atoms with Crippen LogP contribution >= 0.6 is 11.3 Å². The molecule has 1 amide bonds. The summed E-state index contributed by atoms with van der Waals surface area (Å²) >= 11 is 0.926. The van der Waals surface area contributed by atoms with Gasteiger partial charge in [0.15, 0.2) is 0 Å². The number of amides is 1. The maximum atomic E-state index is 11.0. The number of sulfonamides is 1. The Morgan fingerprint density at radius 2 is 2.23 bits per heavy atom. The molecule has 0 saturated carbocycles. The van der Waals surface area contributed by atoms with E-state index in [0.29, 0.717) is 5.56 Å². The van der Waals surface area contributed by atoms with E-state index in [1.807, 2.05) is 0 Å². The molecule has 0 bridgehead atoms. The van der Waals surface area contributed by atoms with E-state index in [2.05, 4.69) is 5.32 Å². The maximum absolute atomic E-state index is 11.0. The molecule has 5 nitrogen and oxygen atoms in total. The molecule has 0 fully saturated rings. The molecule has 0 aliphatic carbocycles. The van der Waals surface area contributed by atoms with Crippen molar-refractivity contribution in [1.29, 1.82) is 0 Å². The van der Waals surface area contributed by atoms with E-state index in [1.54, 1.807) is 0 Å². The summed E-state index contributed by atoms with van der Waals surface area (Å²) in [6.07, 6.45) is 0. The third-order valence-corrected chi connectivity index (χ3v) is 3.73. The molecule has 1 aromatic heterocycles. The van der Waals surface area contributed by atoms with Crippen molar-refractivity contribution in [3.63, 3.8) is 0 Å². The Kier molecular flexibility index (Phi) is 2.69. The number of carbonyl (C=O) groups is 1. The second-order valence-corrected chi connectivity index (χ2v) is 4.98. The Hall–Kier alpha value is -0.920. The van der Waals surface area contributed by atoms with Gasteiger partial charge in [-0.2, -0.15) is 0 Å². The lowest BCUT2D eigenvalue weighted by Gasteiger charge is -1.92. The van der Waals surface area contributed by atoms with Crippen LogP contribution in [0.4, 0.5) is 0 Å². The first-order chi connectivity index (χ1) is 5.95. The summed E-state index contributed by atoms with van der Waals surface area (Å²) in [7, 11) is -2.22. The first-order valence-electron chi connectivity index (χ1n) is 3.28. The first kappa shape index (κ1) is 10.2. The van der Waals surface area contributed by atoms with Crippen molar-refractivity contribution in [2.45, 2.75) is 4.21 Å². The SMILES string of the molecule is CNC(=O)c1csc(S(N)(=O)=O)c1. The molecular formula is C6H8N2O3S2. The highest BCUT2D eigenvalue weighted by Gasteiger charge is 2.13. The van der Waals surface area contributed by atoms with Crippen molar-refractivity contribution in [2.24, 2.45) is 5.14 Å². The van der Waals surface area contributed by atoms with E-state index in [1.165, 1.54) is 18.5 Å². The van der Waals surface area contributed by atoms with Gasteiger partial charge in [0.2, 0.25) is 10.0 Å². The van der Waals surface area contributed by atoms with Gasteiger partial charge in [0.25, 0.3) is 5.91 Å². The minimum absolute atomic E-state index is 0.00824. The molecular weight excluding hydrogens is 212 g/mol. The van der Waals surface area contributed by atoms with Crippen LogP contribution in [0.5, 0.6) is 0 Å². The van der Waals surface area contributed by atoms with Crippen molar-refractivity contribution in [1.82, 2.24) is 5.32 Å². The van der Waals surface area contributed by atoms with E-state index in [4.69, 9.17) is 5.14 Å². The molecule has 1 heterocycles. The third-order valence-electron chi connectivity index (χ3n) is 1.35. The van der Waals surface area contributed by atoms with Gasteiger partial charge in [-0.25, -0.2) is 13.6 Å². The van der Waals surface area contributed by atoms with Gasteiger partial charge in [0.05, 0.1) is 5.56 Å². The van der Waals surface area contributed by atoms with Crippen LogP contribution in [0.15, 0.2) is 15.7 Å². The van der Waals surface area contributed by atoms with E-state index < -0.39 is 10.0 Å². The van der Waals surface area contributed by atoms with Gasteiger partial charge in [-0.05, 0) is 6.07 Å². The Balaban J connectivity index is 3.07. The lowest BCUT2D eigenvalue weighted by atomic mass is 10.3. The zero-order chi connectivity index (χ0) is 10.1. The van der Waals surface area contributed by atoms with Crippen molar-refractivity contribution in [2.75, 3.05) is 7.05 Å². The van der Waals surface area contributed by atoms with Crippen LogP contribution in [0.1, 0.15) is 10.4 Å². The van der Waals surface area contributed by atoms with E-state index in [0.717, 1.165) is 11.3 Å². The number of nitrogens with one attached hydrogen (secondary N) is 1. The number of thiophene rings is 1. The van der Waals surface area contributed by atoms with Gasteiger partial charge in [-0.3, -0.25) is 4.79 Å². The number of rotatable bonds is 2. The predicted molar refractivity (Wildman–Crippen MR) is 49.1 cm³/mol. The number of primary sulfonamides is 1. The summed E-state index contributed by atoms with van der Waals surface area (Å²) in [4.78, 5) is 11.0. The second-order valence-electron chi connectivity index (χ2n) is 2.28. The van der Waals surface area contributed by atoms with E-state index >= 15 is 0 Å². The summed E-state index contributed by atoms with van der Waals surface area (Å²) in [5, 5.41) is 8.68. The van der Waals surface area contributed by atoms with E-state index in [9.17, 15) is 13.2 Å². The van der Waals surface area contributed by atoms with Crippen LogP contribution in [0.2, 0.25) is 0 Å². The van der Waals surface area contributed by atoms with Crippen LogP contribution in [-0.2, 0) is 10.0 Å². The summed E-state index contributed by atoms with van der Waals surface area (Å²) in [5.41, 5.74) is 0.302. The molecule has 1 aromatic rings. The molecule has 0 spiro atoms. The van der Waals surface area contributed by atoms with Gasteiger partial charge in [0.1, 0.15) is 4.21 Å². The molecule has 0 aliphatic heterocycles. The normalized spacial score (nSPS) is 11.2. The molecule has 0 atom stereocenters. The minimum Gasteiger partial charge on any atom is -0.355 e. The van der Waals surface area contributed by atoms with Gasteiger partial charge in [-0.15, -0.1) is 11.3 Å². The fraction of sp³-hybridized carbons (Fsp3) is 0.167. The highest BCUT2D eigenvalue weighted by atomic mass is 32.2. The standard InChI is InChI=1S/C6H8N2O3S2/c1-8-6(9)4-2-5(12-3-4)13(7,10)11/h2-3H,1H3,(H,8,9)(H2,7,10,11). The van der Waals surface area contributed by atoms with Crippen molar-refractivity contribution >= 4 is 27.3 Å². The van der Waals surface area contributed by atoms with Crippen LogP contribution in [0, 0.1) is 0 Å². The van der Waals surface area contributed by atoms with Crippen molar-refractivity contribution in [3.05, 3.63) is 17.0 Å². The van der Waals surface area contributed by atoms with Crippen molar-refractivity contribution in [3.8, 4) is 0 Å². The van der Waals surface area contributed by atoms with Crippen LogP contribution in [-0.4, -0.2) is 21.4 Å². The molecule has 3 N–H and O–H groups in total. The first-order valence-corrected chi connectivity index (χ1v) is 5.71. The smallest absolute Gasteiger partial charge is 0.251 e. The molecule has 0 radical (unpaired) electrons. The maximum Gasteiger partial charge on any atom is 0.251 e. The average Bonchev–Trinajstić information content (AvgIpc) is 2.50. The van der Waals surface area contributed by atoms with E-state index in [-0.39, 0.29) is 10.1 Å². The van der Waals surface area contributed by atoms with Crippen molar-refractivity contribution < 1.29 is 13.2 Å². The zero-order valence-electron chi connectivity index (χ0n) is 6.77. The molecule has 0 aliphatic rings. The van der Waals surface area contributed by atoms with Gasteiger partial charge in [0, 0.05) is 12.4 Å².